The van der Waals surface area contributed by atoms with Crippen LogP contribution in [0.5, 0.6) is 11.5 Å². The molecule has 0 saturated carbocycles. The number of phenolic OH excluding ortho intramolecular Hbond substituents is 2. The summed E-state index contributed by atoms with van der Waals surface area (Å²) in [6.07, 6.45) is 11.2. The van der Waals surface area contributed by atoms with Crippen molar-refractivity contribution in [2.45, 2.75) is 79.6 Å². The molecule has 0 bridgehead atoms. The lowest BCUT2D eigenvalue weighted by Gasteiger charge is -2.16. The Hall–Kier alpha value is -2.00. The highest BCUT2D eigenvalue weighted by Crippen LogP contribution is 2.43. The van der Waals surface area contributed by atoms with Crippen molar-refractivity contribution in [2.75, 3.05) is 0 Å². The molecule has 1 heterocycles. The third kappa shape index (κ3) is 6.78. The average Bonchev–Trinajstić information content (AvgIpc) is 3.07. The molecule has 0 radical (unpaired) electrons. The van der Waals surface area contributed by atoms with E-state index in [9.17, 15) is 10.2 Å². The Balaban J connectivity index is 2.34. The molecular weight excluding hydrogens is 376 g/mol. The zero-order valence-electron chi connectivity index (χ0n) is 18.6. The quantitative estimate of drug-likeness (QED) is 0.306. The number of aromatic hydroxyl groups is 2. The molecule has 1 aromatic carbocycles. The summed E-state index contributed by atoms with van der Waals surface area (Å²) in [6, 6.07) is 4.01. The van der Waals surface area contributed by atoms with E-state index in [1.807, 2.05) is 6.07 Å². The van der Waals surface area contributed by atoms with Gasteiger partial charge in [0.2, 0.25) is 0 Å². The van der Waals surface area contributed by atoms with Gasteiger partial charge >= 0.3 is 0 Å². The Morgan fingerprint density at radius 2 is 1.83 bits per heavy atom. The molecule has 0 fully saturated rings. The number of rotatable bonds is 10. The molecule has 2 rings (SSSR count). The largest absolute Gasteiger partial charge is 0.508 e. The highest BCUT2D eigenvalue weighted by Gasteiger charge is 2.19. The molecule has 2 N–H and O–H groups in total. The lowest BCUT2D eigenvalue weighted by molar-refractivity contribution is 0.441. The van der Waals surface area contributed by atoms with Crippen molar-refractivity contribution in [1.82, 2.24) is 0 Å². The van der Waals surface area contributed by atoms with E-state index in [-0.39, 0.29) is 11.5 Å². The number of aryl methyl sites for hydroxylation is 2. The molecule has 0 saturated heterocycles. The predicted octanol–water partition coefficient (Wildman–Crippen LogP) is 8.10. The number of unbranched alkanes of at least 4 members (excludes halogenated alkanes) is 2. The fraction of sp³-hybridized carbons (Fsp3) is 0.462. The molecule has 3 heteroatoms. The number of benzene rings is 1. The van der Waals surface area contributed by atoms with Crippen molar-refractivity contribution >= 4 is 11.3 Å². The molecule has 1 aromatic heterocycles. The summed E-state index contributed by atoms with van der Waals surface area (Å²) >= 11 is 1.66. The number of allylic oxidation sites excluding steroid dienone is 4. The molecule has 0 amide bonds. The average molecular weight is 413 g/mol. The lowest BCUT2D eigenvalue weighted by atomic mass is 9.93. The topological polar surface area (TPSA) is 40.5 Å². The normalized spacial score (nSPS) is 11.7. The van der Waals surface area contributed by atoms with Gasteiger partial charge in [-0.1, -0.05) is 43.1 Å². The summed E-state index contributed by atoms with van der Waals surface area (Å²) in [5.41, 5.74) is 6.40. The predicted molar refractivity (Wildman–Crippen MR) is 127 cm³/mol. The molecule has 0 aliphatic carbocycles. The van der Waals surface area contributed by atoms with Crippen LogP contribution in [0.2, 0.25) is 0 Å². The first-order valence-corrected chi connectivity index (χ1v) is 11.6. The minimum absolute atomic E-state index is 0.208. The maximum atomic E-state index is 11.1. The Morgan fingerprint density at radius 1 is 1.07 bits per heavy atom. The maximum Gasteiger partial charge on any atom is 0.131 e. The molecule has 0 aliphatic heterocycles. The van der Waals surface area contributed by atoms with Crippen molar-refractivity contribution in [3.05, 3.63) is 57.5 Å². The van der Waals surface area contributed by atoms with E-state index in [0.717, 1.165) is 54.5 Å². The molecule has 0 atom stereocenters. The minimum atomic E-state index is 0.208. The molecule has 158 valence electrons. The van der Waals surface area contributed by atoms with Crippen LogP contribution in [0, 0.1) is 6.92 Å². The van der Waals surface area contributed by atoms with Gasteiger partial charge in [0.1, 0.15) is 11.5 Å². The third-order valence-corrected chi connectivity index (χ3v) is 6.30. The number of hydrogen-bond donors (Lipinski definition) is 2. The monoisotopic (exact) mass is 412 g/mol. The molecule has 2 nitrogen and oxygen atoms in total. The highest BCUT2D eigenvalue weighted by atomic mass is 32.1. The summed E-state index contributed by atoms with van der Waals surface area (Å²) in [6.45, 7) is 10.6. The Kier molecular flexibility index (Phi) is 9.03. The van der Waals surface area contributed by atoms with Crippen LogP contribution in [-0.4, -0.2) is 10.2 Å². The molecule has 0 aliphatic rings. The van der Waals surface area contributed by atoms with Gasteiger partial charge in [0.15, 0.2) is 0 Å². The van der Waals surface area contributed by atoms with Crippen LogP contribution in [0.15, 0.2) is 40.8 Å². The van der Waals surface area contributed by atoms with Gasteiger partial charge in [0.05, 0.1) is 0 Å². The van der Waals surface area contributed by atoms with Gasteiger partial charge in [-0.2, -0.15) is 0 Å². The van der Waals surface area contributed by atoms with Gasteiger partial charge in [-0.3, -0.25) is 0 Å². The second-order valence-electron chi connectivity index (χ2n) is 8.28. The van der Waals surface area contributed by atoms with Crippen molar-refractivity contribution in [3.8, 4) is 21.9 Å². The molecule has 2 aromatic rings. The van der Waals surface area contributed by atoms with Gasteiger partial charge in [0.25, 0.3) is 0 Å². The number of hydrogen-bond acceptors (Lipinski definition) is 3. The molecule has 0 unspecified atom stereocenters. The van der Waals surface area contributed by atoms with Crippen molar-refractivity contribution in [2.24, 2.45) is 0 Å². The van der Waals surface area contributed by atoms with Crippen LogP contribution >= 0.6 is 11.3 Å². The molecular formula is C26H36O2S. The smallest absolute Gasteiger partial charge is 0.131 e. The van der Waals surface area contributed by atoms with Crippen molar-refractivity contribution in [3.63, 3.8) is 0 Å². The number of thiophene rings is 1. The van der Waals surface area contributed by atoms with Gasteiger partial charge in [-0.05, 0) is 88.4 Å². The van der Waals surface area contributed by atoms with Crippen LogP contribution in [0.3, 0.4) is 0 Å². The van der Waals surface area contributed by atoms with E-state index < -0.39 is 0 Å². The molecule has 29 heavy (non-hydrogen) atoms. The summed E-state index contributed by atoms with van der Waals surface area (Å²) in [7, 11) is 0. The van der Waals surface area contributed by atoms with Gasteiger partial charge in [-0.15, -0.1) is 11.3 Å². The summed E-state index contributed by atoms with van der Waals surface area (Å²) in [5, 5.41) is 23.9. The number of phenols is 2. The molecule has 0 spiro atoms. The van der Waals surface area contributed by atoms with E-state index in [1.54, 1.807) is 11.3 Å². The first-order chi connectivity index (χ1) is 13.8. The van der Waals surface area contributed by atoms with Crippen LogP contribution in [0.4, 0.5) is 0 Å². The van der Waals surface area contributed by atoms with E-state index in [2.05, 4.69) is 58.2 Å². The standard InChI is InChI=1S/C26H36O2S/c1-6-7-8-12-21-16-23(27)22(14-13-19(4)11-9-10-18(2)3)26(28)25(21)24-15-20(5)17-29-24/h10,13,15-17,27-28H,6-9,11-12,14H2,1-5H3/b19-13+. The Bertz CT molecular complexity index is 867. The van der Waals surface area contributed by atoms with Crippen LogP contribution in [-0.2, 0) is 12.8 Å². The van der Waals surface area contributed by atoms with E-state index in [4.69, 9.17) is 0 Å². The fourth-order valence-electron chi connectivity index (χ4n) is 3.52. The first kappa shape index (κ1) is 23.3. The van der Waals surface area contributed by atoms with Crippen molar-refractivity contribution in [1.29, 1.82) is 0 Å². The fourth-order valence-corrected chi connectivity index (χ4v) is 4.50. The van der Waals surface area contributed by atoms with Crippen molar-refractivity contribution < 1.29 is 10.2 Å². The second-order valence-corrected chi connectivity index (χ2v) is 9.19. The SMILES string of the molecule is CCCCCc1cc(O)c(C/C=C(\C)CCC=C(C)C)c(O)c1-c1cc(C)cs1. The first-order valence-electron chi connectivity index (χ1n) is 10.7. The Labute approximate surface area is 180 Å². The Morgan fingerprint density at radius 3 is 2.45 bits per heavy atom. The van der Waals surface area contributed by atoms with Gasteiger partial charge < -0.3 is 10.2 Å². The highest BCUT2D eigenvalue weighted by molar-refractivity contribution is 7.13. The van der Waals surface area contributed by atoms with Gasteiger partial charge in [0, 0.05) is 16.0 Å². The maximum absolute atomic E-state index is 11.1. The van der Waals surface area contributed by atoms with E-state index in [0.29, 0.717) is 12.0 Å². The third-order valence-electron chi connectivity index (χ3n) is 5.24. The van der Waals surface area contributed by atoms with E-state index in [1.165, 1.54) is 16.7 Å². The zero-order valence-corrected chi connectivity index (χ0v) is 19.5. The second kappa shape index (κ2) is 11.3. The van der Waals surface area contributed by atoms with Crippen LogP contribution < -0.4 is 0 Å². The minimum Gasteiger partial charge on any atom is -0.508 e. The lowest BCUT2D eigenvalue weighted by Crippen LogP contribution is -1.96. The van der Waals surface area contributed by atoms with Gasteiger partial charge in [-0.25, -0.2) is 0 Å². The van der Waals surface area contributed by atoms with E-state index >= 15 is 0 Å². The zero-order chi connectivity index (χ0) is 21.4. The van der Waals surface area contributed by atoms with Crippen LogP contribution in [0.1, 0.15) is 76.5 Å². The van der Waals surface area contributed by atoms with Crippen LogP contribution in [0.25, 0.3) is 10.4 Å². The summed E-state index contributed by atoms with van der Waals surface area (Å²) in [4.78, 5) is 1.08. The summed E-state index contributed by atoms with van der Waals surface area (Å²) < 4.78 is 0. The summed E-state index contributed by atoms with van der Waals surface area (Å²) in [5.74, 6) is 0.450.